The predicted molar refractivity (Wildman–Crippen MR) is 104 cm³/mol. The quantitative estimate of drug-likeness (QED) is 0.610. The maximum absolute atomic E-state index is 5.35. The minimum atomic E-state index is 0. The summed E-state index contributed by atoms with van der Waals surface area (Å²) in [7, 11) is 0. The van der Waals surface area contributed by atoms with E-state index < -0.39 is 0 Å². The molecule has 0 aliphatic carbocycles. The summed E-state index contributed by atoms with van der Waals surface area (Å²) in [6.07, 6.45) is 2.78. The normalized spacial score (nSPS) is 22.5. The van der Waals surface area contributed by atoms with Crippen LogP contribution in [0.1, 0.15) is 35.0 Å². The van der Waals surface area contributed by atoms with Crippen LogP contribution < -0.4 is 5.32 Å². The topological polar surface area (TPSA) is 31.0 Å². The lowest BCUT2D eigenvalue weighted by Gasteiger charge is -2.39. The van der Waals surface area contributed by atoms with Crippen LogP contribution in [0.3, 0.4) is 0 Å². The van der Waals surface area contributed by atoms with Gasteiger partial charge in [-0.2, -0.15) is 0 Å². The van der Waals surface area contributed by atoms with Crippen LogP contribution in [0.25, 0.3) is 0 Å². The van der Waals surface area contributed by atoms with E-state index in [0.29, 0.717) is 0 Å². The average Bonchev–Trinajstić information content (AvgIpc) is 2.60. The van der Waals surface area contributed by atoms with E-state index in [0.717, 1.165) is 38.3 Å². The van der Waals surface area contributed by atoms with Crippen LogP contribution >= 0.6 is 0 Å². The monoisotopic (exact) mass is 342 g/mol. The van der Waals surface area contributed by atoms with Gasteiger partial charge in [-0.1, -0.05) is 0 Å². The van der Waals surface area contributed by atoms with Crippen molar-refractivity contribution in [3.05, 3.63) is 0 Å². The van der Waals surface area contributed by atoms with Gasteiger partial charge >= 0.3 is 0 Å². The first kappa shape index (κ1) is 20.1. The molecule has 0 aromatic heterocycles. The molecular weight excluding hydrogens is 300 g/mol. The Balaban J connectivity index is 0.00000312. The fourth-order valence-electron chi connectivity index (χ4n) is 3.86. The van der Waals surface area contributed by atoms with E-state index in [-0.39, 0.29) is 1.43 Å². The smallest absolute Gasteiger partial charge is 0.0590 e. The zero-order chi connectivity index (χ0) is 17.2. The summed E-state index contributed by atoms with van der Waals surface area (Å²) in [6, 6.07) is 0.719. The zero-order valence-corrected chi connectivity index (χ0v) is 16.3. The van der Waals surface area contributed by atoms with E-state index in [1.54, 1.807) is 0 Å². The van der Waals surface area contributed by atoms with Crippen LogP contribution in [0.5, 0.6) is 0 Å². The fourth-order valence-corrected chi connectivity index (χ4v) is 3.86. The first-order chi connectivity index (χ1) is 11.7. The third-order valence-corrected chi connectivity index (χ3v) is 5.59. The van der Waals surface area contributed by atoms with E-state index in [2.05, 4.69) is 33.9 Å². The van der Waals surface area contributed by atoms with E-state index in [1.807, 2.05) is 6.92 Å². The summed E-state index contributed by atoms with van der Waals surface area (Å²) in [5.74, 6) is 0.923. The second-order valence-corrected chi connectivity index (χ2v) is 7.66. The van der Waals surface area contributed by atoms with E-state index >= 15 is 0 Å². The SMILES string of the molecule is CCOCCNCCN1CCN(CC2CCN(C(C)C)CC2)CC1.[HH]. The first-order valence-corrected chi connectivity index (χ1v) is 10.2. The van der Waals surface area contributed by atoms with Gasteiger partial charge in [0.25, 0.3) is 0 Å². The van der Waals surface area contributed by atoms with E-state index in [4.69, 9.17) is 4.74 Å². The predicted octanol–water partition coefficient (Wildman–Crippen LogP) is 1.60. The van der Waals surface area contributed by atoms with Gasteiger partial charge in [-0.25, -0.2) is 0 Å². The molecule has 2 rings (SSSR count). The Morgan fingerprint density at radius 3 is 2.29 bits per heavy atom. The van der Waals surface area contributed by atoms with Gasteiger partial charge < -0.3 is 19.9 Å². The molecule has 0 saturated carbocycles. The second kappa shape index (κ2) is 11.4. The highest BCUT2D eigenvalue weighted by atomic mass is 16.5. The highest BCUT2D eigenvalue weighted by Gasteiger charge is 2.24. The summed E-state index contributed by atoms with van der Waals surface area (Å²) in [4.78, 5) is 7.94. The van der Waals surface area contributed by atoms with Gasteiger partial charge in [-0.15, -0.1) is 0 Å². The second-order valence-electron chi connectivity index (χ2n) is 7.66. The third-order valence-electron chi connectivity index (χ3n) is 5.59. The lowest BCUT2D eigenvalue weighted by Crippen LogP contribution is -2.50. The summed E-state index contributed by atoms with van der Waals surface area (Å²) in [5.41, 5.74) is 0. The molecule has 24 heavy (non-hydrogen) atoms. The Morgan fingerprint density at radius 1 is 1.00 bits per heavy atom. The molecule has 2 fully saturated rings. The third kappa shape index (κ3) is 7.36. The number of hydrogen-bond donors (Lipinski definition) is 1. The van der Waals surface area contributed by atoms with Crippen molar-refractivity contribution in [2.45, 2.75) is 39.7 Å². The van der Waals surface area contributed by atoms with Crippen molar-refractivity contribution in [1.82, 2.24) is 20.0 Å². The maximum Gasteiger partial charge on any atom is 0.0590 e. The lowest BCUT2D eigenvalue weighted by atomic mass is 9.95. The van der Waals surface area contributed by atoms with Crippen LogP contribution in [0.15, 0.2) is 0 Å². The highest BCUT2D eigenvalue weighted by Crippen LogP contribution is 2.20. The zero-order valence-electron chi connectivity index (χ0n) is 16.3. The molecule has 5 heteroatoms. The average molecular weight is 343 g/mol. The molecule has 144 valence electrons. The molecule has 2 saturated heterocycles. The van der Waals surface area contributed by atoms with Crippen molar-refractivity contribution in [3.63, 3.8) is 0 Å². The molecule has 0 spiro atoms. The summed E-state index contributed by atoms with van der Waals surface area (Å²) >= 11 is 0. The minimum absolute atomic E-state index is 0. The van der Waals surface area contributed by atoms with Gasteiger partial charge in [0.15, 0.2) is 0 Å². The van der Waals surface area contributed by atoms with Gasteiger partial charge in [0.05, 0.1) is 6.61 Å². The fraction of sp³-hybridized carbons (Fsp3) is 1.00. The molecule has 0 amide bonds. The standard InChI is InChI=1S/C19H40N4O.H2/c1-4-24-16-8-20-7-11-21-12-14-22(15-13-21)17-19-5-9-23(10-6-19)18(2)3;/h18-20H,4-17H2,1-3H3;1H. The molecule has 2 aliphatic heterocycles. The van der Waals surface area contributed by atoms with Crippen LogP contribution in [0.4, 0.5) is 0 Å². The first-order valence-electron chi connectivity index (χ1n) is 10.2. The molecule has 0 radical (unpaired) electrons. The molecule has 5 nitrogen and oxygen atoms in total. The summed E-state index contributed by atoms with van der Waals surface area (Å²) < 4.78 is 5.35. The number of likely N-dealkylation sites (tertiary alicyclic amines) is 1. The molecule has 0 aromatic carbocycles. The van der Waals surface area contributed by atoms with Crippen molar-refractivity contribution < 1.29 is 6.16 Å². The van der Waals surface area contributed by atoms with Crippen LogP contribution in [0.2, 0.25) is 0 Å². The van der Waals surface area contributed by atoms with Crippen molar-refractivity contribution >= 4 is 0 Å². The number of ether oxygens (including phenoxy) is 1. The van der Waals surface area contributed by atoms with Crippen LogP contribution in [0, 0.1) is 5.92 Å². The molecule has 2 aliphatic rings. The minimum Gasteiger partial charge on any atom is -0.380 e. The molecule has 0 bridgehead atoms. The van der Waals surface area contributed by atoms with E-state index in [1.165, 1.54) is 65.2 Å². The van der Waals surface area contributed by atoms with Crippen LogP contribution in [-0.4, -0.2) is 99.4 Å². The highest BCUT2D eigenvalue weighted by molar-refractivity contribution is 4.79. The lowest BCUT2D eigenvalue weighted by molar-refractivity contribution is 0.0872. The molecule has 0 unspecified atom stereocenters. The van der Waals surface area contributed by atoms with E-state index in [9.17, 15) is 0 Å². The Labute approximate surface area is 151 Å². The maximum atomic E-state index is 5.35. The number of hydrogen-bond acceptors (Lipinski definition) is 5. The Bertz CT molecular complexity index is 317. The largest absolute Gasteiger partial charge is 0.380 e. The van der Waals surface area contributed by atoms with Crippen molar-refractivity contribution in [3.8, 4) is 0 Å². The van der Waals surface area contributed by atoms with Crippen molar-refractivity contribution in [2.24, 2.45) is 5.92 Å². The number of nitrogens with one attached hydrogen (secondary N) is 1. The van der Waals surface area contributed by atoms with Crippen LogP contribution in [-0.2, 0) is 4.74 Å². The molecule has 1 N–H and O–H groups in total. The summed E-state index contributed by atoms with van der Waals surface area (Å²) in [6.45, 7) is 20.5. The van der Waals surface area contributed by atoms with Gasteiger partial charge in [-0.05, 0) is 52.6 Å². The Kier molecular flexibility index (Phi) is 9.57. The Morgan fingerprint density at radius 2 is 1.67 bits per heavy atom. The number of nitrogens with zero attached hydrogens (tertiary/aromatic N) is 3. The summed E-state index contributed by atoms with van der Waals surface area (Å²) in [5, 5.41) is 3.47. The van der Waals surface area contributed by atoms with Crippen molar-refractivity contribution in [2.75, 3.05) is 78.7 Å². The molecule has 0 aromatic rings. The number of rotatable bonds is 10. The van der Waals surface area contributed by atoms with Gasteiger partial charge in [0.2, 0.25) is 0 Å². The van der Waals surface area contributed by atoms with Gasteiger partial charge in [0, 0.05) is 66.4 Å². The van der Waals surface area contributed by atoms with Gasteiger partial charge in [0.1, 0.15) is 0 Å². The molecule has 0 atom stereocenters. The number of piperidine rings is 1. The number of piperazine rings is 1. The molecular formula is C19H42N4O. The van der Waals surface area contributed by atoms with Gasteiger partial charge in [-0.3, -0.25) is 4.90 Å². The molecule has 2 heterocycles. The Hall–Kier alpha value is -0.200. The van der Waals surface area contributed by atoms with Crippen molar-refractivity contribution in [1.29, 1.82) is 0 Å².